The number of carbonyl (C=O) groups excluding carboxylic acids is 2. The van der Waals surface area contributed by atoms with Gasteiger partial charge in [-0.05, 0) is 53.8 Å². The van der Waals surface area contributed by atoms with Crippen molar-refractivity contribution in [2.24, 2.45) is 11.5 Å². The van der Waals surface area contributed by atoms with Crippen LogP contribution in [0.1, 0.15) is 31.8 Å². The Labute approximate surface area is 156 Å². The number of benzene rings is 3. The average Bonchev–Trinajstić information content (AvgIpc) is 2.66. The van der Waals surface area contributed by atoms with Crippen LogP contribution in [-0.4, -0.2) is 11.8 Å². The van der Waals surface area contributed by atoms with Gasteiger partial charge in [0, 0.05) is 16.7 Å². The number of aryl methyl sites for hydroxylation is 2. The van der Waals surface area contributed by atoms with Gasteiger partial charge in [-0.2, -0.15) is 0 Å². The highest BCUT2D eigenvalue weighted by Gasteiger charge is 2.17. The van der Waals surface area contributed by atoms with Crippen molar-refractivity contribution in [1.29, 1.82) is 0 Å². The minimum Gasteiger partial charge on any atom is -0.366 e. The molecule has 0 aliphatic carbocycles. The molecule has 0 radical (unpaired) electrons. The van der Waals surface area contributed by atoms with Crippen LogP contribution >= 0.6 is 0 Å². The first kappa shape index (κ1) is 18.3. The second-order valence-electron chi connectivity index (χ2n) is 6.28. The lowest BCUT2D eigenvalue weighted by Crippen LogP contribution is -2.18. The lowest BCUT2D eigenvalue weighted by atomic mass is 9.92. The fourth-order valence-corrected chi connectivity index (χ4v) is 3.09. The Morgan fingerprint density at radius 1 is 0.741 bits per heavy atom. The smallest absolute Gasteiger partial charge is 0.249 e. The second kappa shape index (κ2) is 7.83. The molecule has 5 heteroatoms. The molecule has 0 spiro atoms. The maximum Gasteiger partial charge on any atom is 0.249 e. The molecule has 4 N–H and O–H groups in total. The van der Waals surface area contributed by atoms with Crippen molar-refractivity contribution in [3.8, 4) is 11.1 Å². The Kier molecular flexibility index (Phi) is 5.31. The molecule has 3 aromatic rings. The molecule has 4 nitrogen and oxygen atoms in total. The van der Waals surface area contributed by atoms with E-state index in [-0.39, 0.29) is 16.9 Å². The Morgan fingerprint density at radius 2 is 1.30 bits per heavy atom. The summed E-state index contributed by atoms with van der Waals surface area (Å²) in [6.07, 6.45) is 1.45. The van der Waals surface area contributed by atoms with Crippen LogP contribution in [0.3, 0.4) is 0 Å². The zero-order valence-electron chi connectivity index (χ0n) is 14.6. The third kappa shape index (κ3) is 4.20. The lowest BCUT2D eigenvalue weighted by Gasteiger charge is -2.12. The highest BCUT2D eigenvalue weighted by Crippen LogP contribution is 2.28. The quantitative estimate of drug-likeness (QED) is 0.703. The molecule has 3 rings (SSSR count). The molecule has 0 aliphatic rings. The number of halogens is 1. The van der Waals surface area contributed by atoms with Gasteiger partial charge in [0.1, 0.15) is 5.82 Å². The van der Waals surface area contributed by atoms with Gasteiger partial charge in [0.05, 0.1) is 0 Å². The fourth-order valence-electron chi connectivity index (χ4n) is 3.09. The zero-order chi connectivity index (χ0) is 19.4. The van der Waals surface area contributed by atoms with Gasteiger partial charge in [-0.15, -0.1) is 0 Å². The molecule has 0 saturated carbocycles. The molecule has 27 heavy (non-hydrogen) atoms. The minimum absolute atomic E-state index is 0.245. The van der Waals surface area contributed by atoms with Crippen LogP contribution in [0, 0.1) is 5.82 Å². The molecule has 2 amide bonds. The van der Waals surface area contributed by atoms with E-state index < -0.39 is 11.8 Å². The minimum atomic E-state index is -0.622. The van der Waals surface area contributed by atoms with Gasteiger partial charge in [0.15, 0.2) is 0 Å². The van der Waals surface area contributed by atoms with Crippen LogP contribution in [-0.2, 0) is 12.8 Å². The van der Waals surface area contributed by atoms with E-state index in [1.54, 1.807) is 24.3 Å². The molecule has 136 valence electrons. The van der Waals surface area contributed by atoms with Gasteiger partial charge in [0.25, 0.3) is 0 Å². The normalized spacial score (nSPS) is 10.6. The van der Waals surface area contributed by atoms with Gasteiger partial charge >= 0.3 is 0 Å². The first-order chi connectivity index (χ1) is 13.0. The van der Waals surface area contributed by atoms with Crippen molar-refractivity contribution >= 4 is 11.8 Å². The molecule has 0 fully saturated rings. The number of rotatable bonds is 6. The molecular formula is C22H19FN2O2. The van der Waals surface area contributed by atoms with Crippen LogP contribution in [0.2, 0.25) is 0 Å². The standard InChI is InChI=1S/C22H19FN2O2/c23-17-4-1-3-15(13-17)8-7-14-9-11-16(12-10-14)20-18(21(24)26)5-2-6-19(20)22(25)27/h1-6,9-13H,7-8H2,(H2,24,26)(H2,25,27). The van der Waals surface area contributed by atoms with E-state index in [2.05, 4.69) is 0 Å². The largest absolute Gasteiger partial charge is 0.366 e. The molecule has 3 aromatic carbocycles. The van der Waals surface area contributed by atoms with Crippen molar-refractivity contribution < 1.29 is 14.0 Å². The number of carbonyl (C=O) groups is 2. The van der Waals surface area contributed by atoms with E-state index in [1.807, 2.05) is 30.3 Å². The van der Waals surface area contributed by atoms with E-state index in [0.717, 1.165) is 17.5 Å². The Balaban J connectivity index is 1.87. The van der Waals surface area contributed by atoms with Gasteiger partial charge in [0.2, 0.25) is 11.8 Å². The maximum absolute atomic E-state index is 13.3. The summed E-state index contributed by atoms with van der Waals surface area (Å²) in [6, 6.07) is 18.7. The molecule has 0 aliphatic heterocycles. The molecule has 0 heterocycles. The molecular weight excluding hydrogens is 343 g/mol. The number of hydrogen-bond acceptors (Lipinski definition) is 2. The SMILES string of the molecule is NC(=O)c1cccc(C(N)=O)c1-c1ccc(CCc2cccc(F)c2)cc1. The molecule has 0 saturated heterocycles. The van der Waals surface area contributed by atoms with Gasteiger partial charge in [-0.1, -0.05) is 42.5 Å². The molecule has 0 atom stereocenters. The van der Waals surface area contributed by atoms with Crippen LogP contribution in [0.5, 0.6) is 0 Å². The topological polar surface area (TPSA) is 86.2 Å². The van der Waals surface area contributed by atoms with E-state index in [9.17, 15) is 14.0 Å². The number of primary amides is 2. The van der Waals surface area contributed by atoms with Gasteiger partial charge < -0.3 is 11.5 Å². The molecule has 0 aromatic heterocycles. The Morgan fingerprint density at radius 3 is 1.85 bits per heavy atom. The third-order valence-electron chi connectivity index (χ3n) is 4.43. The summed E-state index contributed by atoms with van der Waals surface area (Å²) in [5.74, 6) is -1.49. The highest BCUT2D eigenvalue weighted by molar-refractivity contribution is 6.08. The molecule has 0 unspecified atom stereocenters. The van der Waals surface area contributed by atoms with Crippen molar-refractivity contribution in [3.05, 3.63) is 94.8 Å². The summed E-state index contributed by atoms with van der Waals surface area (Å²) < 4.78 is 13.3. The average molecular weight is 362 g/mol. The predicted molar refractivity (Wildman–Crippen MR) is 103 cm³/mol. The molecule has 0 bridgehead atoms. The van der Waals surface area contributed by atoms with Crippen molar-refractivity contribution in [3.63, 3.8) is 0 Å². The monoisotopic (exact) mass is 362 g/mol. The van der Waals surface area contributed by atoms with Crippen LogP contribution in [0.25, 0.3) is 11.1 Å². The number of hydrogen-bond donors (Lipinski definition) is 2. The van der Waals surface area contributed by atoms with Crippen LogP contribution < -0.4 is 11.5 Å². The Bertz CT molecular complexity index is 965. The summed E-state index contributed by atoms with van der Waals surface area (Å²) >= 11 is 0. The van der Waals surface area contributed by atoms with Crippen LogP contribution in [0.15, 0.2) is 66.7 Å². The van der Waals surface area contributed by atoms with Crippen molar-refractivity contribution in [2.45, 2.75) is 12.8 Å². The maximum atomic E-state index is 13.3. The fraction of sp³-hybridized carbons (Fsp3) is 0.0909. The summed E-state index contributed by atoms with van der Waals surface area (Å²) in [4.78, 5) is 23.5. The van der Waals surface area contributed by atoms with Gasteiger partial charge in [-0.3, -0.25) is 9.59 Å². The lowest BCUT2D eigenvalue weighted by molar-refractivity contribution is 0.0999. The van der Waals surface area contributed by atoms with E-state index >= 15 is 0 Å². The third-order valence-corrected chi connectivity index (χ3v) is 4.43. The first-order valence-corrected chi connectivity index (χ1v) is 8.52. The highest BCUT2D eigenvalue weighted by atomic mass is 19.1. The summed E-state index contributed by atoms with van der Waals surface area (Å²) in [5, 5.41) is 0. The summed E-state index contributed by atoms with van der Waals surface area (Å²) in [7, 11) is 0. The second-order valence-corrected chi connectivity index (χ2v) is 6.28. The van der Waals surface area contributed by atoms with E-state index in [0.29, 0.717) is 17.5 Å². The predicted octanol–water partition coefficient (Wildman–Crippen LogP) is 3.48. The Hall–Kier alpha value is -3.47. The summed E-state index contributed by atoms with van der Waals surface area (Å²) in [6.45, 7) is 0. The number of amides is 2. The summed E-state index contributed by atoms with van der Waals surface area (Å²) in [5.41, 5.74) is 14.5. The van der Waals surface area contributed by atoms with Crippen molar-refractivity contribution in [2.75, 3.05) is 0 Å². The zero-order valence-corrected chi connectivity index (χ0v) is 14.6. The van der Waals surface area contributed by atoms with Gasteiger partial charge in [-0.25, -0.2) is 4.39 Å². The van der Waals surface area contributed by atoms with E-state index in [1.165, 1.54) is 12.1 Å². The van der Waals surface area contributed by atoms with Crippen LogP contribution in [0.4, 0.5) is 4.39 Å². The number of nitrogens with two attached hydrogens (primary N) is 2. The van der Waals surface area contributed by atoms with E-state index in [4.69, 9.17) is 11.5 Å². The van der Waals surface area contributed by atoms with Crippen molar-refractivity contribution in [1.82, 2.24) is 0 Å². The first-order valence-electron chi connectivity index (χ1n) is 8.52.